The molecule has 0 aliphatic carbocycles. The number of carbonyl (C=O) groups is 1. The van der Waals surface area contributed by atoms with Gasteiger partial charge in [0.05, 0.1) is 13.2 Å². The van der Waals surface area contributed by atoms with E-state index in [1.54, 1.807) is 22.4 Å². The molecular formula is C16H18N2O2S. The molecule has 1 atom stereocenters. The molecule has 2 aromatic rings. The first-order valence-electron chi connectivity index (χ1n) is 7.08. The molecule has 1 aliphatic heterocycles. The van der Waals surface area contributed by atoms with Crippen LogP contribution in [0.25, 0.3) is 0 Å². The van der Waals surface area contributed by atoms with Crippen LogP contribution in [0.5, 0.6) is 5.75 Å². The van der Waals surface area contributed by atoms with E-state index in [0.29, 0.717) is 13.2 Å². The zero-order chi connectivity index (χ0) is 14.7. The normalized spacial score (nSPS) is 17.5. The maximum Gasteiger partial charge on any atom is 0.226 e. The Bertz CT molecular complexity index is 612. The number of rotatable bonds is 3. The quantitative estimate of drug-likeness (QED) is 0.875. The highest BCUT2D eigenvalue weighted by atomic mass is 32.1. The molecule has 0 N–H and O–H groups in total. The molecule has 110 valence electrons. The number of nitrogens with zero attached hydrogens (tertiary/aromatic N) is 2. The summed E-state index contributed by atoms with van der Waals surface area (Å²) in [5.41, 5.74) is 1.12. The van der Waals surface area contributed by atoms with Crippen LogP contribution < -0.4 is 4.74 Å². The molecule has 1 aromatic carbocycles. The van der Waals surface area contributed by atoms with Crippen LogP contribution >= 0.6 is 11.3 Å². The topological polar surface area (TPSA) is 42.4 Å². The summed E-state index contributed by atoms with van der Waals surface area (Å²) in [4.78, 5) is 18.6. The first-order chi connectivity index (χ1) is 10.2. The molecule has 0 bridgehead atoms. The summed E-state index contributed by atoms with van der Waals surface area (Å²) in [6, 6.07) is 7.98. The van der Waals surface area contributed by atoms with Gasteiger partial charge in [-0.15, -0.1) is 11.3 Å². The van der Waals surface area contributed by atoms with Gasteiger partial charge < -0.3 is 9.64 Å². The third-order valence-corrected chi connectivity index (χ3v) is 4.51. The zero-order valence-electron chi connectivity index (χ0n) is 12.0. The van der Waals surface area contributed by atoms with Crippen molar-refractivity contribution in [1.82, 2.24) is 9.88 Å². The Morgan fingerprint density at radius 3 is 3.14 bits per heavy atom. The Morgan fingerprint density at radius 2 is 2.33 bits per heavy atom. The smallest absolute Gasteiger partial charge is 0.226 e. The van der Waals surface area contributed by atoms with Crippen molar-refractivity contribution >= 4 is 17.2 Å². The van der Waals surface area contributed by atoms with Gasteiger partial charge in [-0.05, 0) is 24.5 Å². The molecule has 0 radical (unpaired) electrons. The van der Waals surface area contributed by atoms with Crippen LogP contribution in [0.15, 0.2) is 35.8 Å². The van der Waals surface area contributed by atoms with Crippen LogP contribution in [-0.2, 0) is 17.8 Å². The molecule has 0 saturated heterocycles. The van der Waals surface area contributed by atoms with E-state index in [4.69, 9.17) is 4.74 Å². The van der Waals surface area contributed by atoms with Gasteiger partial charge in [-0.3, -0.25) is 4.79 Å². The molecule has 4 nitrogen and oxygen atoms in total. The largest absolute Gasteiger partial charge is 0.493 e. The Balaban J connectivity index is 1.70. The second-order valence-corrected chi connectivity index (χ2v) is 6.25. The monoisotopic (exact) mass is 302 g/mol. The number of para-hydroxylation sites is 1. The number of thiazole rings is 1. The maximum atomic E-state index is 12.6. The third kappa shape index (κ3) is 3.24. The van der Waals surface area contributed by atoms with Crippen LogP contribution in [0.2, 0.25) is 0 Å². The van der Waals surface area contributed by atoms with Crippen molar-refractivity contribution in [3.8, 4) is 5.75 Å². The van der Waals surface area contributed by atoms with Crippen molar-refractivity contribution in [1.29, 1.82) is 0 Å². The fourth-order valence-electron chi connectivity index (χ4n) is 2.63. The zero-order valence-corrected chi connectivity index (χ0v) is 12.8. The highest BCUT2D eigenvalue weighted by Gasteiger charge is 2.26. The minimum Gasteiger partial charge on any atom is -0.493 e. The second-order valence-electron chi connectivity index (χ2n) is 5.27. The lowest BCUT2D eigenvalue weighted by atomic mass is 9.95. The van der Waals surface area contributed by atoms with Crippen molar-refractivity contribution in [3.63, 3.8) is 0 Å². The van der Waals surface area contributed by atoms with E-state index in [1.165, 1.54) is 0 Å². The Hall–Kier alpha value is -1.88. The van der Waals surface area contributed by atoms with E-state index in [-0.39, 0.29) is 11.8 Å². The number of amides is 1. The molecule has 21 heavy (non-hydrogen) atoms. The van der Waals surface area contributed by atoms with Gasteiger partial charge in [0.15, 0.2) is 0 Å². The van der Waals surface area contributed by atoms with Gasteiger partial charge in [-0.25, -0.2) is 4.98 Å². The van der Waals surface area contributed by atoms with Crippen LogP contribution in [0.1, 0.15) is 17.0 Å². The molecule has 0 unspecified atom stereocenters. The van der Waals surface area contributed by atoms with Crippen LogP contribution in [-0.4, -0.2) is 29.4 Å². The lowest BCUT2D eigenvalue weighted by Crippen LogP contribution is -2.33. The van der Waals surface area contributed by atoms with Gasteiger partial charge in [0, 0.05) is 24.5 Å². The van der Waals surface area contributed by atoms with Crippen molar-refractivity contribution in [2.45, 2.75) is 19.4 Å². The van der Waals surface area contributed by atoms with Gasteiger partial charge in [-0.2, -0.15) is 0 Å². The molecule has 2 heterocycles. The van der Waals surface area contributed by atoms with Gasteiger partial charge in [0.2, 0.25) is 5.91 Å². The van der Waals surface area contributed by atoms with E-state index in [0.717, 1.165) is 29.2 Å². The van der Waals surface area contributed by atoms with E-state index < -0.39 is 0 Å². The van der Waals surface area contributed by atoms with E-state index >= 15 is 0 Å². The van der Waals surface area contributed by atoms with Gasteiger partial charge in [0.1, 0.15) is 10.8 Å². The summed E-state index contributed by atoms with van der Waals surface area (Å²) in [6.07, 6.45) is 3.28. The number of hydrogen-bond donors (Lipinski definition) is 0. The standard InChI is InChI=1S/C16H18N2O2S/c1-18(11-15-17-7-9-21-15)16(19)13-6-8-20-14-5-3-2-4-12(14)10-13/h2-5,7,9,13H,6,8,10-11H2,1H3/t13-/m1/s1. The number of aromatic nitrogens is 1. The highest BCUT2D eigenvalue weighted by Crippen LogP contribution is 2.27. The summed E-state index contributed by atoms with van der Waals surface area (Å²) in [7, 11) is 1.85. The second kappa shape index (κ2) is 6.26. The minimum absolute atomic E-state index is 0.0152. The molecule has 0 saturated carbocycles. The fourth-order valence-corrected chi connectivity index (χ4v) is 3.29. The number of ether oxygens (including phenoxy) is 1. The predicted octanol–water partition coefficient (Wildman–Crippen LogP) is 2.74. The molecule has 0 spiro atoms. The molecule has 1 aliphatic rings. The highest BCUT2D eigenvalue weighted by molar-refractivity contribution is 7.09. The lowest BCUT2D eigenvalue weighted by Gasteiger charge is -2.21. The predicted molar refractivity (Wildman–Crippen MR) is 82.3 cm³/mol. The number of benzene rings is 1. The maximum absolute atomic E-state index is 12.6. The molecule has 1 amide bonds. The SMILES string of the molecule is CN(Cc1nccs1)C(=O)[C@@H]1CCOc2ccccc2C1. The number of carbonyl (C=O) groups excluding carboxylic acids is 1. The molecular weight excluding hydrogens is 284 g/mol. The average Bonchev–Trinajstić information content (AvgIpc) is 2.90. The molecule has 3 rings (SSSR count). The van der Waals surface area contributed by atoms with Crippen LogP contribution in [0, 0.1) is 5.92 Å². The van der Waals surface area contributed by atoms with Crippen molar-refractivity contribution in [2.75, 3.05) is 13.7 Å². The summed E-state index contributed by atoms with van der Waals surface area (Å²) in [6.45, 7) is 1.17. The molecule has 1 aromatic heterocycles. The van der Waals surface area contributed by atoms with E-state index in [1.807, 2.05) is 36.7 Å². The van der Waals surface area contributed by atoms with E-state index in [2.05, 4.69) is 4.98 Å². The van der Waals surface area contributed by atoms with Crippen LogP contribution in [0.4, 0.5) is 0 Å². The average molecular weight is 302 g/mol. The summed E-state index contributed by atoms with van der Waals surface area (Å²) in [5.74, 6) is 1.07. The third-order valence-electron chi connectivity index (χ3n) is 3.74. The Labute approximate surface area is 128 Å². The summed E-state index contributed by atoms with van der Waals surface area (Å²) in [5, 5.41) is 2.90. The van der Waals surface area contributed by atoms with Gasteiger partial charge in [-0.1, -0.05) is 18.2 Å². The number of hydrogen-bond acceptors (Lipinski definition) is 4. The molecule has 0 fully saturated rings. The lowest BCUT2D eigenvalue weighted by molar-refractivity contribution is -0.135. The fraction of sp³-hybridized carbons (Fsp3) is 0.375. The van der Waals surface area contributed by atoms with Gasteiger partial charge >= 0.3 is 0 Å². The summed E-state index contributed by atoms with van der Waals surface area (Å²) >= 11 is 1.58. The summed E-state index contributed by atoms with van der Waals surface area (Å²) < 4.78 is 5.73. The Kier molecular flexibility index (Phi) is 4.20. The number of fused-ring (bicyclic) bond motifs is 1. The minimum atomic E-state index is -0.0152. The first-order valence-corrected chi connectivity index (χ1v) is 7.96. The van der Waals surface area contributed by atoms with Crippen molar-refractivity contribution < 1.29 is 9.53 Å². The Morgan fingerprint density at radius 1 is 1.48 bits per heavy atom. The van der Waals surface area contributed by atoms with Crippen molar-refractivity contribution in [2.24, 2.45) is 5.92 Å². The van der Waals surface area contributed by atoms with E-state index in [9.17, 15) is 4.79 Å². The molecule has 5 heteroatoms. The van der Waals surface area contributed by atoms with Crippen molar-refractivity contribution in [3.05, 3.63) is 46.4 Å². The van der Waals surface area contributed by atoms with Crippen LogP contribution in [0.3, 0.4) is 0 Å². The van der Waals surface area contributed by atoms with Gasteiger partial charge in [0.25, 0.3) is 0 Å². The first kappa shape index (κ1) is 14.1.